The maximum atomic E-state index is 14.1. The van der Waals surface area contributed by atoms with E-state index in [4.69, 9.17) is 9.47 Å². The van der Waals surface area contributed by atoms with E-state index in [9.17, 15) is 61.5 Å². The molecule has 2 aliphatic heterocycles. The van der Waals surface area contributed by atoms with Crippen molar-refractivity contribution in [3.8, 4) is 33.8 Å². The molecule has 1 N–H and O–H groups in total. The van der Waals surface area contributed by atoms with Crippen LogP contribution in [0.25, 0.3) is 22.3 Å². The van der Waals surface area contributed by atoms with Crippen LogP contribution in [0.1, 0.15) is 72.8 Å². The smallest absolute Gasteiger partial charge is 0.459 e. The lowest BCUT2D eigenvalue weighted by Crippen LogP contribution is -2.56. The summed E-state index contributed by atoms with van der Waals surface area (Å²) >= 11 is 0. The first-order valence-corrected chi connectivity index (χ1v) is 27.3. The summed E-state index contributed by atoms with van der Waals surface area (Å²) in [6.45, 7) is 12.2. The highest BCUT2D eigenvalue weighted by molar-refractivity contribution is 7.94. The van der Waals surface area contributed by atoms with Crippen molar-refractivity contribution in [3.05, 3.63) is 133 Å². The molecule has 0 radical (unpaired) electrons. The van der Waals surface area contributed by atoms with Gasteiger partial charge in [0.15, 0.2) is 29.2 Å². The molecule has 5 aromatic rings. The van der Waals surface area contributed by atoms with Crippen molar-refractivity contribution in [1.82, 2.24) is 10.2 Å². The zero-order valence-corrected chi connectivity index (χ0v) is 44.6. The van der Waals surface area contributed by atoms with Gasteiger partial charge in [-0.2, -0.15) is 35.1 Å². The molecule has 0 atom stereocenters. The number of rotatable bonds is 16. The number of ether oxygens (including phenoxy) is 4. The third-order valence-electron chi connectivity index (χ3n) is 12.6. The lowest BCUT2D eigenvalue weighted by molar-refractivity contribution is -0.253. The van der Waals surface area contributed by atoms with Crippen LogP contribution < -0.4 is 14.8 Å². The summed E-state index contributed by atoms with van der Waals surface area (Å²) in [4.78, 5) is 28.6. The third kappa shape index (κ3) is 14.3. The fourth-order valence-electron chi connectivity index (χ4n) is 8.59. The Morgan fingerprint density at radius 2 is 0.844 bits per heavy atom. The molecule has 0 amide bonds. The van der Waals surface area contributed by atoms with Gasteiger partial charge in [0.1, 0.15) is 22.7 Å². The van der Waals surface area contributed by atoms with Gasteiger partial charge in [-0.3, -0.25) is 14.5 Å². The molecule has 2 saturated heterocycles. The van der Waals surface area contributed by atoms with Gasteiger partial charge in [-0.15, -0.1) is 0 Å². The fourth-order valence-corrected chi connectivity index (χ4v) is 12.5. The third-order valence-corrected chi connectivity index (χ3v) is 17.6. The predicted molar refractivity (Wildman–Crippen MR) is 271 cm³/mol. The predicted octanol–water partition coefficient (Wildman–Crippen LogP) is 11.6. The Morgan fingerprint density at radius 1 is 0.519 bits per heavy atom. The molecule has 418 valence electrons. The number of halogens is 8. The first kappa shape index (κ1) is 60.1. The number of nitrogens with zero attached hydrogens (tertiary/aromatic N) is 1. The van der Waals surface area contributed by atoms with Crippen molar-refractivity contribution in [3.63, 3.8) is 0 Å². The Bertz CT molecular complexity index is 3010. The molecule has 77 heavy (non-hydrogen) atoms. The minimum absolute atomic E-state index is 0.0504. The number of carbonyl (C=O) groups is 2. The van der Waals surface area contributed by atoms with Crippen LogP contribution in [-0.2, 0) is 45.3 Å². The summed E-state index contributed by atoms with van der Waals surface area (Å²) in [5, 5.41) is 3.07. The van der Waals surface area contributed by atoms with E-state index in [0.29, 0.717) is 55.0 Å². The first-order chi connectivity index (χ1) is 35.8. The first-order valence-electron chi connectivity index (χ1n) is 24.4. The van der Waals surface area contributed by atoms with E-state index in [1.54, 1.807) is 41.5 Å². The van der Waals surface area contributed by atoms with Crippen LogP contribution in [-0.4, -0.2) is 106 Å². The normalized spacial score (nSPS) is 16.5. The van der Waals surface area contributed by atoms with Gasteiger partial charge < -0.3 is 24.3 Å². The highest BCUT2D eigenvalue weighted by Gasteiger charge is 2.56. The van der Waals surface area contributed by atoms with Gasteiger partial charge in [0.25, 0.3) is 0 Å². The van der Waals surface area contributed by atoms with E-state index in [1.807, 2.05) is 30.3 Å². The second kappa shape index (κ2) is 23.5. The van der Waals surface area contributed by atoms with E-state index in [-0.39, 0.29) is 35.5 Å². The molecule has 0 aromatic heterocycles. The molecule has 0 unspecified atom stereocenters. The highest BCUT2D eigenvalue weighted by Crippen LogP contribution is 2.41. The molecule has 5 aromatic carbocycles. The highest BCUT2D eigenvalue weighted by atomic mass is 32.2. The molecule has 0 saturated carbocycles. The average Bonchev–Trinajstić information content (AvgIpc) is 3.37. The topological polar surface area (TPSA) is 155 Å². The van der Waals surface area contributed by atoms with Gasteiger partial charge in [-0.05, 0) is 157 Å². The Kier molecular flexibility index (Phi) is 18.3. The summed E-state index contributed by atoms with van der Waals surface area (Å²) in [5.41, 5.74) is 1.47. The van der Waals surface area contributed by atoms with Gasteiger partial charge in [0.05, 0.1) is 9.79 Å². The van der Waals surface area contributed by atoms with Crippen molar-refractivity contribution < 1.29 is 80.5 Å². The number of hydrogen-bond acceptors (Lipinski definition) is 12. The lowest BCUT2D eigenvalue weighted by atomic mass is 9.95. The van der Waals surface area contributed by atoms with Crippen molar-refractivity contribution >= 4 is 31.6 Å². The zero-order chi connectivity index (χ0) is 56.8. The van der Waals surface area contributed by atoms with E-state index in [1.165, 1.54) is 72.8 Å². The van der Waals surface area contributed by atoms with Crippen LogP contribution >= 0.6 is 0 Å². The van der Waals surface area contributed by atoms with Gasteiger partial charge >= 0.3 is 37.0 Å². The summed E-state index contributed by atoms with van der Waals surface area (Å²) in [6, 6.07) is 31.4. The molecule has 0 aliphatic carbocycles. The maximum Gasteiger partial charge on any atom is 0.461 e. The molecule has 2 aliphatic rings. The molecular weight excluding hydrogens is 1060 g/mol. The van der Waals surface area contributed by atoms with Crippen LogP contribution in [0.2, 0.25) is 0 Å². The standard InChI is InChI=1S/C31H33F4NO5S.C24H27F4NO5S/c1-29(2,3)41-28(37)30(17-19-36(20-18-30)21-22-7-5-4-6-8-22)42(38,39)26-15-11-24(12-16-26)23-9-13-25(14-10-23)40-31(34,35)27(32)33;1-22(2,3)34-21(30)23(12-14-29-15-13-23)35(31,32)19-10-6-17(7-11-19)16-4-8-18(9-5-16)33-24(27,28)20(25)26/h4-16,27H,17-21H2,1-3H3;4-11,20,29H,12-15H2,1-3H3. The van der Waals surface area contributed by atoms with Crippen LogP contribution in [0, 0.1) is 0 Å². The number of carbonyl (C=O) groups excluding carboxylic acids is 2. The SMILES string of the molecule is CC(C)(C)OC(=O)C1(S(=O)(=O)c2ccc(-c3ccc(OC(F)(F)C(F)F)cc3)cc2)CCN(Cc2ccccc2)CC1.CC(C)(C)OC(=O)C1(S(=O)(=O)c2ccc(-c3ccc(OC(F)(F)C(F)F)cc3)cc2)CCNCC1. The Labute approximate surface area is 442 Å². The van der Waals surface area contributed by atoms with E-state index < -0.39 is 88.9 Å². The molecule has 0 spiro atoms. The molecule has 7 rings (SSSR count). The van der Waals surface area contributed by atoms with Crippen molar-refractivity contribution in [2.45, 2.75) is 129 Å². The van der Waals surface area contributed by atoms with Gasteiger partial charge in [0.2, 0.25) is 0 Å². The van der Waals surface area contributed by atoms with E-state index in [0.717, 1.165) is 29.8 Å². The largest absolute Gasteiger partial charge is 0.461 e. The number of nitrogens with one attached hydrogen (secondary N) is 1. The Hall–Kier alpha value is -6.10. The summed E-state index contributed by atoms with van der Waals surface area (Å²) in [7, 11) is -8.32. The number of sulfone groups is 2. The lowest BCUT2D eigenvalue weighted by Gasteiger charge is -2.40. The van der Waals surface area contributed by atoms with Gasteiger partial charge in [-0.1, -0.05) is 78.9 Å². The number of hydrogen-bond donors (Lipinski definition) is 1. The van der Waals surface area contributed by atoms with Crippen molar-refractivity contribution in [1.29, 1.82) is 0 Å². The molecule has 12 nitrogen and oxygen atoms in total. The molecule has 22 heteroatoms. The van der Waals surface area contributed by atoms with Crippen LogP contribution in [0.15, 0.2) is 137 Å². The van der Waals surface area contributed by atoms with Crippen molar-refractivity contribution in [2.75, 3.05) is 26.2 Å². The minimum atomic E-state index is -4.63. The van der Waals surface area contributed by atoms with Crippen molar-refractivity contribution in [2.24, 2.45) is 0 Å². The van der Waals surface area contributed by atoms with E-state index in [2.05, 4.69) is 19.7 Å². The second-order valence-electron chi connectivity index (χ2n) is 20.5. The van der Waals surface area contributed by atoms with Gasteiger partial charge in [0, 0.05) is 19.6 Å². The monoisotopic (exact) mass is 1120 g/mol. The number of benzene rings is 5. The maximum absolute atomic E-state index is 14.1. The quantitative estimate of drug-likeness (QED) is 0.0738. The minimum Gasteiger partial charge on any atom is -0.459 e. The second-order valence-corrected chi connectivity index (χ2v) is 25.1. The Morgan fingerprint density at radius 3 is 1.17 bits per heavy atom. The molecule has 2 heterocycles. The number of esters is 2. The zero-order valence-electron chi connectivity index (χ0n) is 43.0. The van der Waals surface area contributed by atoms with Crippen LogP contribution in [0.3, 0.4) is 0 Å². The summed E-state index contributed by atoms with van der Waals surface area (Å²) < 4.78 is 173. The summed E-state index contributed by atoms with van der Waals surface area (Å²) in [5.74, 6) is -2.45. The Balaban J connectivity index is 0.000000254. The molecule has 0 bridgehead atoms. The van der Waals surface area contributed by atoms with Crippen LogP contribution in [0.4, 0.5) is 35.1 Å². The van der Waals surface area contributed by atoms with Crippen LogP contribution in [0.5, 0.6) is 11.5 Å². The van der Waals surface area contributed by atoms with E-state index >= 15 is 0 Å². The number of alkyl halides is 8. The molecular formula is C55H60F8N2O10S2. The molecule has 2 fully saturated rings. The summed E-state index contributed by atoms with van der Waals surface area (Å²) in [6.07, 6.45) is -16.9. The number of likely N-dealkylation sites (tertiary alicyclic amines) is 1. The fraction of sp³-hybridized carbons (Fsp3) is 0.418. The van der Waals surface area contributed by atoms with Gasteiger partial charge in [-0.25, -0.2) is 16.8 Å². The average molecular weight is 1130 g/mol. The number of piperidine rings is 2.